The van der Waals surface area contributed by atoms with Crippen LogP contribution in [0.15, 0.2) is 54.6 Å². The van der Waals surface area contributed by atoms with Crippen LogP contribution in [0, 0.1) is 0 Å². The summed E-state index contributed by atoms with van der Waals surface area (Å²) in [5.41, 5.74) is 1.12. The summed E-state index contributed by atoms with van der Waals surface area (Å²) in [5, 5.41) is 0.485. The highest BCUT2D eigenvalue weighted by atomic mass is 35.5. The zero-order chi connectivity index (χ0) is 18.7. The maximum absolute atomic E-state index is 12.9. The fourth-order valence-corrected chi connectivity index (χ4v) is 3.33. The Balaban J connectivity index is 1.99. The number of carbonyl (C=O) groups is 3. The molecule has 0 unspecified atom stereocenters. The van der Waals surface area contributed by atoms with Crippen LogP contribution in [0.25, 0.3) is 0 Å². The number of nitrogens with zero attached hydrogens (tertiary/aromatic N) is 1. The van der Waals surface area contributed by atoms with Crippen LogP contribution < -0.4 is 0 Å². The number of benzene rings is 2. The largest absolute Gasteiger partial charge is 0.464 e. The lowest BCUT2D eigenvalue weighted by Gasteiger charge is -2.25. The molecule has 6 heteroatoms. The maximum Gasteiger partial charge on any atom is 0.330 e. The summed E-state index contributed by atoms with van der Waals surface area (Å²) < 4.78 is 5.16. The first kappa shape index (κ1) is 18.1. The van der Waals surface area contributed by atoms with Gasteiger partial charge in [0.25, 0.3) is 5.91 Å². The molecule has 0 aromatic heterocycles. The van der Waals surface area contributed by atoms with E-state index in [1.54, 1.807) is 19.1 Å². The van der Waals surface area contributed by atoms with E-state index >= 15 is 0 Å². The van der Waals surface area contributed by atoms with Crippen LogP contribution in [0.4, 0.5) is 0 Å². The number of halogens is 1. The molecule has 1 aliphatic heterocycles. The summed E-state index contributed by atoms with van der Waals surface area (Å²) in [7, 11) is 0. The second-order valence-corrected chi connectivity index (χ2v) is 6.43. The van der Waals surface area contributed by atoms with E-state index in [2.05, 4.69) is 0 Å². The Kier molecular flexibility index (Phi) is 5.38. The second kappa shape index (κ2) is 7.70. The molecule has 0 bridgehead atoms. The Morgan fingerprint density at radius 3 is 2.38 bits per heavy atom. The van der Waals surface area contributed by atoms with Crippen LogP contribution in [0.2, 0.25) is 5.02 Å². The van der Waals surface area contributed by atoms with E-state index in [1.807, 2.05) is 30.3 Å². The van der Waals surface area contributed by atoms with E-state index in [0.717, 1.165) is 10.5 Å². The number of amides is 2. The Bertz CT molecular complexity index is 819. The van der Waals surface area contributed by atoms with Gasteiger partial charge in [-0.1, -0.05) is 41.9 Å². The van der Waals surface area contributed by atoms with Crippen molar-refractivity contribution < 1.29 is 19.1 Å². The van der Waals surface area contributed by atoms with Crippen LogP contribution in [-0.4, -0.2) is 35.3 Å². The van der Waals surface area contributed by atoms with Gasteiger partial charge in [0.2, 0.25) is 5.91 Å². The molecule has 3 rings (SSSR count). The quantitative estimate of drug-likeness (QED) is 0.610. The molecule has 134 valence electrons. The van der Waals surface area contributed by atoms with Crippen molar-refractivity contribution in [3.8, 4) is 0 Å². The minimum absolute atomic E-state index is 0.0762. The third-order valence-electron chi connectivity index (χ3n) is 4.39. The molecule has 1 aliphatic rings. The summed E-state index contributed by atoms with van der Waals surface area (Å²) in [6.07, 6.45) is 0.0762. The molecule has 0 spiro atoms. The molecule has 26 heavy (non-hydrogen) atoms. The molecule has 2 atom stereocenters. The van der Waals surface area contributed by atoms with Crippen LogP contribution in [0.3, 0.4) is 0 Å². The van der Waals surface area contributed by atoms with E-state index in [4.69, 9.17) is 16.3 Å². The van der Waals surface area contributed by atoms with Gasteiger partial charge < -0.3 is 4.74 Å². The number of imide groups is 1. The van der Waals surface area contributed by atoms with Crippen LogP contribution in [-0.2, 0) is 14.3 Å². The van der Waals surface area contributed by atoms with E-state index in [9.17, 15) is 14.4 Å². The highest BCUT2D eigenvalue weighted by Crippen LogP contribution is 2.36. The summed E-state index contributed by atoms with van der Waals surface area (Å²) in [6.45, 7) is 1.87. The number of rotatable bonds is 4. The van der Waals surface area contributed by atoms with Gasteiger partial charge >= 0.3 is 5.97 Å². The third-order valence-corrected chi connectivity index (χ3v) is 4.64. The fourth-order valence-electron chi connectivity index (χ4n) is 3.20. The van der Waals surface area contributed by atoms with Gasteiger partial charge in [0.15, 0.2) is 0 Å². The molecule has 2 aromatic rings. The highest BCUT2D eigenvalue weighted by Gasteiger charge is 2.48. The minimum atomic E-state index is -0.979. The summed E-state index contributed by atoms with van der Waals surface area (Å²) >= 11 is 5.86. The van der Waals surface area contributed by atoms with Gasteiger partial charge in [-0.2, -0.15) is 0 Å². The Labute approximate surface area is 156 Å². The summed E-state index contributed by atoms with van der Waals surface area (Å²) in [5.74, 6) is -1.92. The average molecular weight is 372 g/mol. The van der Waals surface area contributed by atoms with Crippen LogP contribution >= 0.6 is 11.6 Å². The molecule has 1 fully saturated rings. The number of carbonyl (C=O) groups excluding carboxylic acids is 3. The third kappa shape index (κ3) is 3.48. The molecule has 1 saturated heterocycles. The molecule has 0 aliphatic carbocycles. The number of ether oxygens (including phenoxy) is 1. The normalized spacial score (nSPS) is 19.5. The predicted octanol–water partition coefficient (Wildman–Crippen LogP) is 3.43. The molecular formula is C20H18ClNO4. The van der Waals surface area contributed by atoms with Gasteiger partial charge in [-0.25, -0.2) is 4.79 Å². The SMILES string of the molecule is CCOC(=O)[C@H]1[C@H](c2ccccc2)CC(=O)N1C(=O)c1ccc(Cl)cc1. The number of hydrogen-bond acceptors (Lipinski definition) is 4. The lowest BCUT2D eigenvalue weighted by Crippen LogP contribution is -2.45. The van der Waals surface area contributed by atoms with Crippen molar-refractivity contribution in [1.29, 1.82) is 0 Å². The minimum Gasteiger partial charge on any atom is -0.464 e. The van der Waals surface area contributed by atoms with E-state index in [-0.39, 0.29) is 13.0 Å². The standard InChI is InChI=1S/C20H18ClNO4/c1-2-26-20(25)18-16(13-6-4-3-5-7-13)12-17(23)22(18)19(24)14-8-10-15(21)11-9-14/h3-11,16,18H,2,12H2,1H3/t16-,18+/m0/s1. The molecular weight excluding hydrogens is 354 g/mol. The van der Waals surface area contributed by atoms with Crippen molar-refractivity contribution >= 4 is 29.4 Å². The first-order valence-corrected chi connectivity index (χ1v) is 8.74. The molecule has 1 heterocycles. The van der Waals surface area contributed by atoms with Crippen molar-refractivity contribution in [1.82, 2.24) is 4.90 Å². The lowest BCUT2D eigenvalue weighted by atomic mass is 9.91. The van der Waals surface area contributed by atoms with E-state index in [1.165, 1.54) is 12.1 Å². The van der Waals surface area contributed by atoms with Crippen LogP contribution in [0.1, 0.15) is 35.2 Å². The average Bonchev–Trinajstić information content (AvgIpc) is 3.00. The lowest BCUT2D eigenvalue weighted by molar-refractivity contribution is -0.150. The molecule has 2 amide bonds. The Morgan fingerprint density at radius 1 is 1.12 bits per heavy atom. The monoisotopic (exact) mass is 371 g/mol. The Morgan fingerprint density at radius 2 is 1.77 bits per heavy atom. The van der Waals surface area contributed by atoms with Gasteiger partial charge in [-0.15, -0.1) is 0 Å². The molecule has 0 radical (unpaired) electrons. The number of esters is 1. The zero-order valence-corrected chi connectivity index (χ0v) is 15.0. The predicted molar refractivity (Wildman–Crippen MR) is 96.8 cm³/mol. The van der Waals surface area contributed by atoms with Gasteiger partial charge in [-0.3, -0.25) is 14.5 Å². The van der Waals surface area contributed by atoms with Crippen LogP contribution in [0.5, 0.6) is 0 Å². The smallest absolute Gasteiger partial charge is 0.330 e. The Hall–Kier alpha value is -2.66. The van der Waals surface area contributed by atoms with E-state index in [0.29, 0.717) is 10.6 Å². The van der Waals surface area contributed by atoms with Gasteiger partial charge in [0.1, 0.15) is 6.04 Å². The maximum atomic E-state index is 12.9. The van der Waals surface area contributed by atoms with Gasteiger partial charge in [-0.05, 0) is 36.8 Å². The number of hydrogen-bond donors (Lipinski definition) is 0. The zero-order valence-electron chi connectivity index (χ0n) is 14.2. The van der Waals surface area contributed by atoms with Crippen molar-refractivity contribution in [2.24, 2.45) is 0 Å². The number of likely N-dealkylation sites (tertiary alicyclic amines) is 1. The van der Waals surface area contributed by atoms with E-state index < -0.39 is 29.7 Å². The van der Waals surface area contributed by atoms with Crippen molar-refractivity contribution in [3.05, 3.63) is 70.7 Å². The second-order valence-electron chi connectivity index (χ2n) is 5.99. The van der Waals surface area contributed by atoms with Gasteiger partial charge in [0, 0.05) is 22.9 Å². The first-order valence-electron chi connectivity index (χ1n) is 8.36. The van der Waals surface area contributed by atoms with Crippen molar-refractivity contribution in [2.75, 3.05) is 6.61 Å². The fraction of sp³-hybridized carbons (Fsp3) is 0.250. The van der Waals surface area contributed by atoms with Crippen molar-refractivity contribution in [2.45, 2.75) is 25.3 Å². The topological polar surface area (TPSA) is 63.7 Å². The summed E-state index contributed by atoms with van der Waals surface area (Å²) in [6, 6.07) is 14.5. The highest BCUT2D eigenvalue weighted by molar-refractivity contribution is 6.30. The molecule has 0 N–H and O–H groups in total. The first-order chi connectivity index (χ1) is 12.5. The summed E-state index contributed by atoms with van der Waals surface area (Å²) in [4.78, 5) is 39.2. The molecule has 0 saturated carbocycles. The molecule has 5 nitrogen and oxygen atoms in total. The molecule has 2 aromatic carbocycles. The van der Waals surface area contributed by atoms with Gasteiger partial charge in [0.05, 0.1) is 6.61 Å². The van der Waals surface area contributed by atoms with Crippen molar-refractivity contribution in [3.63, 3.8) is 0 Å².